The predicted octanol–water partition coefficient (Wildman–Crippen LogP) is 4.79. The van der Waals surface area contributed by atoms with Gasteiger partial charge in [-0.2, -0.15) is 0 Å². The molecule has 3 aromatic rings. The summed E-state index contributed by atoms with van der Waals surface area (Å²) >= 11 is 5.92. The minimum Gasteiger partial charge on any atom is -0.348 e. The third kappa shape index (κ3) is 5.40. The number of rotatable bonds is 8. The Hall–Kier alpha value is -3.92. The van der Waals surface area contributed by atoms with Crippen molar-refractivity contribution in [2.75, 3.05) is 5.32 Å². The molecule has 214 valence electrons. The molecule has 2 heterocycles. The number of carbonyl (C=O) groups excluding carboxylic acids is 4. The summed E-state index contributed by atoms with van der Waals surface area (Å²) in [5.41, 5.74) is 1.94. The first-order chi connectivity index (χ1) is 19.6. The topological polar surface area (TPSA) is 113 Å². The number of aromatic nitrogens is 1. The smallest absolute Gasteiger partial charge is 0.319 e. The summed E-state index contributed by atoms with van der Waals surface area (Å²) in [6.45, 7) is 3.09. The number of likely N-dealkylation sites (tertiary alicyclic amines) is 1. The number of halogens is 2. The monoisotopic (exact) mass is 579 g/mol. The van der Waals surface area contributed by atoms with Crippen LogP contribution in [0.2, 0.25) is 5.02 Å². The Labute approximate surface area is 241 Å². The number of carbonyl (C=O) groups is 4. The van der Waals surface area contributed by atoms with Crippen LogP contribution in [-0.2, 0) is 16.1 Å². The van der Waals surface area contributed by atoms with Crippen LogP contribution in [0, 0.1) is 11.7 Å². The van der Waals surface area contributed by atoms with Gasteiger partial charge in [0.25, 0.3) is 0 Å². The van der Waals surface area contributed by atoms with Gasteiger partial charge in [0.15, 0.2) is 5.78 Å². The van der Waals surface area contributed by atoms with Crippen molar-refractivity contribution in [3.8, 4) is 0 Å². The molecule has 1 aromatic heterocycles. The van der Waals surface area contributed by atoms with Gasteiger partial charge in [0, 0.05) is 46.0 Å². The summed E-state index contributed by atoms with van der Waals surface area (Å²) in [4.78, 5) is 53.3. The molecule has 0 spiro atoms. The van der Waals surface area contributed by atoms with Crippen LogP contribution in [0.3, 0.4) is 0 Å². The Morgan fingerprint density at radius 3 is 2.63 bits per heavy atom. The first-order valence-corrected chi connectivity index (χ1v) is 14.2. The zero-order valence-corrected chi connectivity index (χ0v) is 23.5. The molecule has 4 amide bonds. The highest BCUT2D eigenvalue weighted by Gasteiger charge is 2.56. The predicted molar refractivity (Wildman–Crippen MR) is 152 cm³/mol. The van der Waals surface area contributed by atoms with Gasteiger partial charge >= 0.3 is 6.03 Å². The second kappa shape index (κ2) is 10.5. The van der Waals surface area contributed by atoms with Crippen LogP contribution in [0.1, 0.15) is 61.5 Å². The molecule has 1 aliphatic heterocycles. The molecular formula is C30H31ClFN5O4. The number of amides is 4. The lowest BCUT2D eigenvalue weighted by Gasteiger charge is -2.28. The molecule has 41 heavy (non-hydrogen) atoms. The summed E-state index contributed by atoms with van der Waals surface area (Å²) in [5.74, 6) is -1.04. The zero-order valence-electron chi connectivity index (χ0n) is 22.7. The third-order valence-electron chi connectivity index (χ3n) is 8.24. The largest absolute Gasteiger partial charge is 0.348 e. The molecule has 3 aliphatic rings. The number of Topliss-reactive ketones (excluding diaryl/α,β-unsaturated/α-hetero) is 1. The third-order valence-corrected chi connectivity index (χ3v) is 8.53. The SMILES string of the molecule is CC(=O)c1cn(CC(=O)N2C3C[C@@H]3C[C@H]2C(=O)N[C@H](C)c2cccc(Cl)c2F)c2ccc(NC(=O)NC3CC3)cc12. The van der Waals surface area contributed by atoms with Crippen molar-refractivity contribution < 1.29 is 23.6 Å². The molecule has 2 aromatic carbocycles. The number of anilines is 1. The van der Waals surface area contributed by atoms with Gasteiger partial charge in [0.2, 0.25) is 11.8 Å². The maximum Gasteiger partial charge on any atom is 0.319 e. The number of benzene rings is 2. The number of fused-ring (bicyclic) bond motifs is 2. The maximum absolute atomic E-state index is 14.5. The molecule has 11 heteroatoms. The lowest BCUT2D eigenvalue weighted by atomic mass is 10.1. The molecular weight excluding hydrogens is 549 g/mol. The molecule has 3 fully saturated rings. The van der Waals surface area contributed by atoms with Crippen molar-refractivity contribution in [3.05, 3.63) is 64.6 Å². The van der Waals surface area contributed by atoms with Crippen molar-refractivity contribution in [2.24, 2.45) is 5.92 Å². The fourth-order valence-electron chi connectivity index (χ4n) is 5.89. The van der Waals surface area contributed by atoms with E-state index in [1.54, 1.807) is 52.9 Å². The second-order valence-corrected chi connectivity index (χ2v) is 11.7. The first-order valence-electron chi connectivity index (χ1n) is 13.9. The Kier molecular flexibility index (Phi) is 6.97. The standard InChI is InChI=1S/C30H31ClFN5O4/c1-15(20-4-3-5-23(31)28(20)32)33-29(40)26-11-17-10-25(17)37(26)27(39)14-36-13-22(16(2)38)21-12-19(8-9-24(21)36)35-30(41)34-18-6-7-18/h3-5,8-9,12-13,15,17-18,25-26H,6-7,10-11,14H2,1-2H3,(H,33,40)(H2,34,35,41)/t15-,17-,25?,26+/m1/s1. The first kappa shape index (κ1) is 27.3. The van der Waals surface area contributed by atoms with Crippen molar-refractivity contribution in [1.82, 2.24) is 20.1 Å². The Morgan fingerprint density at radius 1 is 1.12 bits per heavy atom. The highest BCUT2D eigenvalue weighted by atomic mass is 35.5. The lowest BCUT2D eigenvalue weighted by molar-refractivity contribution is -0.140. The van der Waals surface area contributed by atoms with Crippen molar-refractivity contribution in [2.45, 2.75) is 70.2 Å². The van der Waals surface area contributed by atoms with E-state index in [1.165, 1.54) is 13.0 Å². The van der Waals surface area contributed by atoms with Gasteiger partial charge in [0.05, 0.1) is 11.1 Å². The number of piperidine rings is 1. The van der Waals surface area contributed by atoms with E-state index in [-0.39, 0.29) is 58.8 Å². The number of urea groups is 1. The number of nitrogens with one attached hydrogen (secondary N) is 3. The van der Waals surface area contributed by atoms with E-state index < -0.39 is 17.9 Å². The Balaban J connectivity index is 1.19. The van der Waals surface area contributed by atoms with E-state index in [0.717, 1.165) is 19.3 Å². The minimum atomic E-state index is -0.661. The molecule has 3 N–H and O–H groups in total. The second-order valence-electron chi connectivity index (χ2n) is 11.3. The number of hydrogen-bond donors (Lipinski definition) is 3. The maximum atomic E-state index is 14.5. The van der Waals surface area contributed by atoms with Gasteiger partial charge in [0.1, 0.15) is 18.4 Å². The zero-order chi connectivity index (χ0) is 29.0. The number of hydrogen-bond acceptors (Lipinski definition) is 4. The average Bonchev–Trinajstić information content (AvgIpc) is 3.83. The van der Waals surface area contributed by atoms with Gasteiger partial charge in [-0.25, -0.2) is 9.18 Å². The fraction of sp³-hybridized carbons (Fsp3) is 0.400. The van der Waals surface area contributed by atoms with Crippen LogP contribution in [0.25, 0.3) is 10.9 Å². The van der Waals surface area contributed by atoms with Gasteiger partial charge in [-0.1, -0.05) is 23.7 Å². The molecule has 2 aliphatic carbocycles. The van der Waals surface area contributed by atoms with Crippen LogP contribution < -0.4 is 16.0 Å². The minimum absolute atomic E-state index is 0.00801. The van der Waals surface area contributed by atoms with Crippen LogP contribution in [0.4, 0.5) is 14.9 Å². The highest BCUT2D eigenvalue weighted by molar-refractivity contribution is 6.30. The summed E-state index contributed by atoms with van der Waals surface area (Å²) in [6, 6.07) is 8.51. The molecule has 6 rings (SSSR count). The molecule has 0 radical (unpaired) electrons. The molecule has 1 saturated heterocycles. The van der Waals surface area contributed by atoms with Crippen molar-refractivity contribution in [1.29, 1.82) is 0 Å². The van der Waals surface area contributed by atoms with E-state index in [9.17, 15) is 23.6 Å². The van der Waals surface area contributed by atoms with Crippen LogP contribution >= 0.6 is 11.6 Å². The Morgan fingerprint density at radius 2 is 1.90 bits per heavy atom. The average molecular weight is 580 g/mol. The normalized spacial score (nSPS) is 21.8. The quantitative estimate of drug-likeness (QED) is 0.333. The van der Waals surface area contributed by atoms with Crippen LogP contribution in [0.5, 0.6) is 0 Å². The van der Waals surface area contributed by atoms with E-state index in [1.807, 2.05) is 0 Å². The van der Waals surface area contributed by atoms with E-state index in [2.05, 4.69) is 16.0 Å². The van der Waals surface area contributed by atoms with E-state index >= 15 is 0 Å². The summed E-state index contributed by atoms with van der Waals surface area (Å²) in [7, 11) is 0. The number of ketones is 1. The Bertz CT molecular complexity index is 1580. The highest BCUT2D eigenvalue weighted by Crippen LogP contribution is 2.48. The van der Waals surface area contributed by atoms with Crippen molar-refractivity contribution >= 4 is 51.8 Å². The van der Waals surface area contributed by atoms with Crippen LogP contribution in [-0.4, -0.2) is 51.2 Å². The lowest BCUT2D eigenvalue weighted by Crippen LogP contribution is -2.49. The summed E-state index contributed by atoms with van der Waals surface area (Å²) < 4.78 is 16.2. The fourth-order valence-corrected chi connectivity index (χ4v) is 6.07. The van der Waals surface area contributed by atoms with Crippen molar-refractivity contribution in [3.63, 3.8) is 0 Å². The molecule has 1 unspecified atom stereocenters. The van der Waals surface area contributed by atoms with Gasteiger partial charge in [-0.15, -0.1) is 0 Å². The summed E-state index contributed by atoms with van der Waals surface area (Å²) in [6.07, 6.45) is 4.99. The number of nitrogens with zero attached hydrogens (tertiary/aromatic N) is 2. The molecule has 4 atom stereocenters. The van der Waals surface area contributed by atoms with E-state index in [4.69, 9.17) is 11.6 Å². The van der Waals surface area contributed by atoms with Crippen LogP contribution in [0.15, 0.2) is 42.6 Å². The van der Waals surface area contributed by atoms with Gasteiger partial charge in [-0.05, 0) is 69.7 Å². The van der Waals surface area contributed by atoms with Gasteiger partial charge < -0.3 is 25.4 Å². The van der Waals surface area contributed by atoms with E-state index in [0.29, 0.717) is 28.6 Å². The molecule has 9 nitrogen and oxygen atoms in total. The molecule has 2 saturated carbocycles. The molecule has 0 bridgehead atoms. The van der Waals surface area contributed by atoms with Gasteiger partial charge in [-0.3, -0.25) is 14.4 Å². The summed E-state index contributed by atoms with van der Waals surface area (Å²) in [5, 5.41) is 9.15.